The maximum absolute atomic E-state index is 12.2. The Labute approximate surface area is 115 Å². The molecular formula is C15H14F2O3. The van der Waals surface area contributed by atoms with Crippen LogP contribution in [0.5, 0.6) is 11.5 Å². The van der Waals surface area contributed by atoms with Crippen LogP contribution >= 0.6 is 0 Å². The molecule has 2 rings (SSSR count). The Morgan fingerprint density at radius 2 is 1.80 bits per heavy atom. The van der Waals surface area contributed by atoms with Gasteiger partial charge in [0.15, 0.2) is 0 Å². The van der Waals surface area contributed by atoms with E-state index in [0.29, 0.717) is 16.9 Å². The zero-order chi connectivity index (χ0) is 14.5. The Morgan fingerprint density at radius 3 is 2.50 bits per heavy atom. The number of aliphatic hydroxyl groups is 1. The SMILES string of the molecule is COc1ccccc1C(O)c1cccc(OC(F)F)c1. The van der Waals surface area contributed by atoms with E-state index in [1.54, 1.807) is 36.4 Å². The summed E-state index contributed by atoms with van der Waals surface area (Å²) in [5, 5.41) is 10.3. The Kier molecular flexibility index (Phi) is 4.53. The number of methoxy groups -OCH3 is 1. The molecule has 2 aromatic rings. The van der Waals surface area contributed by atoms with Gasteiger partial charge in [0.1, 0.15) is 17.6 Å². The number of halogens is 2. The molecule has 0 aliphatic heterocycles. The van der Waals surface area contributed by atoms with Gasteiger partial charge in [0.25, 0.3) is 0 Å². The van der Waals surface area contributed by atoms with Crippen molar-refractivity contribution in [2.45, 2.75) is 12.7 Å². The minimum Gasteiger partial charge on any atom is -0.496 e. The molecule has 0 aliphatic rings. The largest absolute Gasteiger partial charge is 0.496 e. The van der Waals surface area contributed by atoms with Gasteiger partial charge in [0.05, 0.1) is 7.11 Å². The quantitative estimate of drug-likeness (QED) is 0.912. The van der Waals surface area contributed by atoms with Crippen LogP contribution in [0.4, 0.5) is 8.78 Å². The van der Waals surface area contributed by atoms with E-state index in [0.717, 1.165) is 0 Å². The Bertz CT molecular complexity index is 573. The fourth-order valence-electron chi connectivity index (χ4n) is 1.93. The minimum atomic E-state index is -2.89. The van der Waals surface area contributed by atoms with Crippen molar-refractivity contribution in [3.8, 4) is 11.5 Å². The topological polar surface area (TPSA) is 38.7 Å². The first-order valence-electron chi connectivity index (χ1n) is 5.97. The third-order valence-electron chi connectivity index (χ3n) is 2.83. The number of para-hydroxylation sites is 1. The lowest BCUT2D eigenvalue weighted by Crippen LogP contribution is -2.05. The summed E-state index contributed by atoms with van der Waals surface area (Å²) in [6, 6.07) is 12.9. The van der Waals surface area contributed by atoms with E-state index in [1.807, 2.05) is 0 Å². The molecule has 0 saturated carbocycles. The first kappa shape index (κ1) is 14.3. The molecule has 0 amide bonds. The van der Waals surface area contributed by atoms with Crippen molar-refractivity contribution in [1.29, 1.82) is 0 Å². The molecule has 0 radical (unpaired) electrons. The summed E-state index contributed by atoms with van der Waals surface area (Å²) in [5.41, 5.74) is 1.01. The standard InChI is InChI=1S/C15H14F2O3/c1-19-13-8-3-2-7-12(13)14(18)10-5-4-6-11(9-10)20-15(16)17/h2-9,14-15,18H,1H3. The van der Waals surface area contributed by atoms with Crippen LogP contribution in [0.2, 0.25) is 0 Å². The number of aliphatic hydroxyl groups excluding tert-OH is 1. The van der Waals surface area contributed by atoms with Crippen LogP contribution in [-0.2, 0) is 0 Å². The Hall–Kier alpha value is -2.14. The molecule has 106 valence electrons. The predicted octanol–water partition coefficient (Wildman–Crippen LogP) is 3.38. The van der Waals surface area contributed by atoms with Crippen molar-refractivity contribution >= 4 is 0 Å². The van der Waals surface area contributed by atoms with Crippen LogP contribution in [0.25, 0.3) is 0 Å². The van der Waals surface area contributed by atoms with Crippen LogP contribution in [0.3, 0.4) is 0 Å². The van der Waals surface area contributed by atoms with Gasteiger partial charge in [-0.25, -0.2) is 0 Å². The monoisotopic (exact) mass is 280 g/mol. The van der Waals surface area contributed by atoms with Crippen molar-refractivity contribution < 1.29 is 23.4 Å². The number of ether oxygens (including phenoxy) is 2. The lowest BCUT2D eigenvalue weighted by atomic mass is 10.0. The summed E-state index contributed by atoms with van der Waals surface area (Å²) in [5.74, 6) is 0.534. The average molecular weight is 280 g/mol. The van der Waals surface area contributed by atoms with E-state index in [2.05, 4.69) is 4.74 Å². The van der Waals surface area contributed by atoms with Gasteiger partial charge in [0.2, 0.25) is 0 Å². The number of benzene rings is 2. The summed E-state index contributed by atoms with van der Waals surface area (Å²) >= 11 is 0. The average Bonchev–Trinajstić information content (AvgIpc) is 2.46. The van der Waals surface area contributed by atoms with E-state index >= 15 is 0 Å². The molecule has 0 saturated heterocycles. The van der Waals surface area contributed by atoms with Crippen LogP contribution in [0, 0.1) is 0 Å². The maximum atomic E-state index is 12.2. The third-order valence-corrected chi connectivity index (χ3v) is 2.83. The molecule has 1 N–H and O–H groups in total. The molecule has 5 heteroatoms. The van der Waals surface area contributed by atoms with Gasteiger partial charge in [-0.1, -0.05) is 30.3 Å². The molecule has 0 spiro atoms. The van der Waals surface area contributed by atoms with Crippen molar-refractivity contribution in [3.05, 3.63) is 59.7 Å². The van der Waals surface area contributed by atoms with Crippen LogP contribution in [0.1, 0.15) is 17.2 Å². The Morgan fingerprint density at radius 1 is 1.05 bits per heavy atom. The van der Waals surface area contributed by atoms with Gasteiger partial charge in [-0.15, -0.1) is 0 Å². The van der Waals surface area contributed by atoms with Gasteiger partial charge >= 0.3 is 6.61 Å². The number of alkyl halides is 2. The first-order chi connectivity index (χ1) is 9.61. The highest BCUT2D eigenvalue weighted by Crippen LogP contribution is 2.31. The molecular weight excluding hydrogens is 266 g/mol. The van der Waals surface area contributed by atoms with Crippen molar-refractivity contribution in [2.24, 2.45) is 0 Å². The van der Waals surface area contributed by atoms with Crippen LogP contribution < -0.4 is 9.47 Å². The molecule has 1 atom stereocenters. The fraction of sp³-hybridized carbons (Fsp3) is 0.200. The normalized spacial score (nSPS) is 12.2. The second-order valence-electron chi connectivity index (χ2n) is 4.10. The lowest BCUT2D eigenvalue weighted by Gasteiger charge is -2.16. The molecule has 0 aromatic heterocycles. The first-order valence-corrected chi connectivity index (χ1v) is 5.97. The van der Waals surface area contributed by atoms with Gasteiger partial charge < -0.3 is 14.6 Å². The van der Waals surface area contributed by atoms with Gasteiger partial charge in [0, 0.05) is 5.56 Å². The molecule has 2 aromatic carbocycles. The summed E-state index contributed by atoms with van der Waals surface area (Å²) in [6.07, 6.45) is -0.979. The summed E-state index contributed by atoms with van der Waals surface area (Å²) in [4.78, 5) is 0. The highest BCUT2D eigenvalue weighted by molar-refractivity contribution is 5.42. The summed E-state index contributed by atoms with van der Waals surface area (Å²) in [7, 11) is 1.50. The van der Waals surface area contributed by atoms with Crippen molar-refractivity contribution in [2.75, 3.05) is 7.11 Å². The third kappa shape index (κ3) is 3.24. The highest BCUT2D eigenvalue weighted by Gasteiger charge is 2.16. The predicted molar refractivity (Wildman–Crippen MR) is 70.1 cm³/mol. The number of hydrogen-bond acceptors (Lipinski definition) is 3. The van der Waals surface area contributed by atoms with E-state index < -0.39 is 12.7 Å². The Balaban J connectivity index is 2.30. The second kappa shape index (κ2) is 6.34. The second-order valence-corrected chi connectivity index (χ2v) is 4.10. The number of rotatable bonds is 5. The maximum Gasteiger partial charge on any atom is 0.387 e. The molecule has 3 nitrogen and oxygen atoms in total. The van der Waals surface area contributed by atoms with Gasteiger partial charge in [-0.05, 0) is 23.8 Å². The molecule has 20 heavy (non-hydrogen) atoms. The van der Waals surface area contributed by atoms with Gasteiger partial charge in [-0.3, -0.25) is 0 Å². The number of hydrogen-bond donors (Lipinski definition) is 1. The van der Waals surface area contributed by atoms with E-state index in [4.69, 9.17) is 4.74 Å². The fourth-order valence-corrected chi connectivity index (χ4v) is 1.93. The smallest absolute Gasteiger partial charge is 0.387 e. The molecule has 0 fully saturated rings. The highest BCUT2D eigenvalue weighted by atomic mass is 19.3. The summed E-state index contributed by atoms with van der Waals surface area (Å²) < 4.78 is 33.9. The van der Waals surface area contributed by atoms with Crippen LogP contribution in [0.15, 0.2) is 48.5 Å². The zero-order valence-corrected chi connectivity index (χ0v) is 10.8. The molecule has 1 unspecified atom stereocenters. The zero-order valence-electron chi connectivity index (χ0n) is 10.8. The molecule has 0 heterocycles. The summed E-state index contributed by atoms with van der Waals surface area (Å²) in [6.45, 7) is -2.89. The lowest BCUT2D eigenvalue weighted by molar-refractivity contribution is -0.0499. The van der Waals surface area contributed by atoms with Crippen LogP contribution in [-0.4, -0.2) is 18.8 Å². The molecule has 0 aliphatic carbocycles. The van der Waals surface area contributed by atoms with E-state index in [1.165, 1.54) is 19.2 Å². The molecule has 0 bridgehead atoms. The minimum absolute atomic E-state index is 0.00597. The van der Waals surface area contributed by atoms with Crippen molar-refractivity contribution in [3.63, 3.8) is 0 Å². The van der Waals surface area contributed by atoms with E-state index in [9.17, 15) is 13.9 Å². The van der Waals surface area contributed by atoms with E-state index in [-0.39, 0.29) is 5.75 Å². The van der Waals surface area contributed by atoms with Gasteiger partial charge in [-0.2, -0.15) is 8.78 Å². The van der Waals surface area contributed by atoms with Crippen molar-refractivity contribution in [1.82, 2.24) is 0 Å².